The molecule has 1 aliphatic carbocycles. The van der Waals surface area contributed by atoms with E-state index in [2.05, 4.69) is 33.6 Å². The number of hydrogen-bond donors (Lipinski definition) is 0. The molecule has 0 N–H and O–H groups in total. The lowest BCUT2D eigenvalue weighted by Gasteiger charge is -2.21. The maximum atomic E-state index is 2.35. The fourth-order valence-corrected chi connectivity index (χ4v) is 2.16. The van der Waals surface area contributed by atoms with Crippen molar-refractivity contribution < 1.29 is 0 Å². The predicted molar refractivity (Wildman–Crippen MR) is 54.4 cm³/mol. The summed E-state index contributed by atoms with van der Waals surface area (Å²) in [6.45, 7) is 2.27. The first kappa shape index (κ1) is 8.57. The summed E-state index contributed by atoms with van der Waals surface area (Å²) in [5.41, 5.74) is 1.60. The van der Waals surface area contributed by atoms with Gasteiger partial charge in [-0.2, -0.15) is 0 Å². The topological polar surface area (TPSA) is 0 Å². The zero-order valence-corrected chi connectivity index (χ0v) is 8.73. The molecule has 1 saturated carbocycles. The second-order valence-electron chi connectivity index (χ2n) is 3.19. The van der Waals surface area contributed by atoms with Gasteiger partial charge >= 0.3 is 0 Å². The average molecular weight is 250 g/mol. The van der Waals surface area contributed by atoms with Gasteiger partial charge in [0.15, 0.2) is 0 Å². The third kappa shape index (κ3) is 2.26. The first-order valence-corrected chi connectivity index (χ1v) is 5.36. The summed E-state index contributed by atoms with van der Waals surface area (Å²) in [6, 6.07) is 0. The quantitative estimate of drug-likeness (QED) is 0.619. The highest BCUT2D eigenvalue weighted by Gasteiger charge is 2.13. The van der Waals surface area contributed by atoms with Crippen LogP contribution in [0.5, 0.6) is 0 Å². The minimum absolute atomic E-state index is 0.922. The van der Waals surface area contributed by atoms with Crippen molar-refractivity contribution >= 4 is 22.6 Å². The SMILES string of the molecule is C/C(=C/I)C1CCCCC1. The first-order chi connectivity index (χ1) is 4.84. The normalized spacial score (nSPS) is 23.2. The van der Waals surface area contributed by atoms with Crippen LogP contribution in [0.25, 0.3) is 0 Å². The van der Waals surface area contributed by atoms with Crippen LogP contribution in [0.4, 0.5) is 0 Å². The summed E-state index contributed by atoms with van der Waals surface area (Å²) in [7, 11) is 0. The zero-order chi connectivity index (χ0) is 7.40. The molecule has 1 heteroatoms. The maximum Gasteiger partial charge on any atom is -0.0198 e. The molecule has 0 aromatic carbocycles. The molecular weight excluding hydrogens is 235 g/mol. The molecule has 0 atom stereocenters. The van der Waals surface area contributed by atoms with Crippen LogP contribution in [0.15, 0.2) is 9.66 Å². The zero-order valence-electron chi connectivity index (χ0n) is 6.57. The highest BCUT2D eigenvalue weighted by molar-refractivity contribution is 14.1. The molecule has 10 heavy (non-hydrogen) atoms. The fourth-order valence-electron chi connectivity index (χ4n) is 1.65. The minimum Gasteiger partial charge on any atom is -0.0642 e. The van der Waals surface area contributed by atoms with Crippen molar-refractivity contribution in [2.45, 2.75) is 39.0 Å². The molecule has 1 fully saturated rings. The molecule has 1 rings (SSSR count). The van der Waals surface area contributed by atoms with E-state index in [1.165, 1.54) is 32.1 Å². The van der Waals surface area contributed by atoms with Gasteiger partial charge < -0.3 is 0 Å². The summed E-state index contributed by atoms with van der Waals surface area (Å²) in [5.74, 6) is 0.922. The van der Waals surface area contributed by atoms with Crippen molar-refractivity contribution in [3.05, 3.63) is 9.66 Å². The Morgan fingerprint density at radius 2 is 1.90 bits per heavy atom. The molecule has 1 aliphatic rings. The second-order valence-corrected chi connectivity index (χ2v) is 3.81. The molecule has 0 amide bonds. The fraction of sp³-hybridized carbons (Fsp3) is 0.778. The Balaban J connectivity index is 2.39. The molecule has 0 saturated heterocycles. The molecule has 0 aromatic rings. The maximum absolute atomic E-state index is 2.35. The Bertz CT molecular complexity index is 121. The van der Waals surface area contributed by atoms with Crippen LogP contribution in [0.3, 0.4) is 0 Å². The molecule has 0 nitrogen and oxygen atoms in total. The van der Waals surface area contributed by atoms with Gasteiger partial charge in [0.25, 0.3) is 0 Å². The van der Waals surface area contributed by atoms with Crippen molar-refractivity contribution in [2.75, 3.05) is 0 Å². The van der Waals surface area contributed by atoms with Gasteiger partial charge in [0.2, 0.25) is 0 Å². The Morgan fingerprint density at radius 1 is 1.30 bits per heavy atom. The molecule has 58 valence electrons. The van der Waals surface area contributed by atoms with Crippen LogP contribution in [0, 0.1) is 5.92 Å². The number of rotatable bonds is 1. The van der Waals surface area contributed by atoms with Crippen molar-refractivity contribution in [3.63, 3.8) is 0 Å². The summed E-state index contributed by atoms with van der Waals surface area (Å²) in [5, 5.41) is 0. The van der Waals surface area contributed by atoms with Gasteiger partial charge in [-0.05, 0) is 29.8 Å². The van der Waals surface area contributed by atoms with E-state index in [1.54, 1.807) is 5.57 Å². The Morgan fingerprint density at radius 3 is 2.40 bits per heavy atom. The smallest absolute Gasteiger partial charge is 0.0198 e. The Labute approximate surface area is 77.2 Å². The van der Waals surface area contributed by atoms with Crippen molar-refractivity contribution in [3.8, 4) is 0 Å². The average Bonchev–Trinajstić information content (AvgIpc) is 2.05. The van der Waals surface area contributed by atoms with E-state index >= 15 is 0 Å². The molecule has 0 radical (unpaired) electrons. The molecule has 0 aromatic heterocycles. The molecule has 0 aliphatic heterocycles. The Hall–Kier alpha value is 0.470. The van der Waals surface area contributed by atoms with E-state index in [0.29, 0.717) is 0 Å². The van der Waals surface area contributed by atoms with Crippen LogP contribution in [0.2, 0.25) is 0 Å². The van der Waals surface area contributed by atoms with Crippen LogP contribution in [-0.4, -0.2) is 0 Å². The van der Waals surface area contributed by atoms with Crippen molar-refractivity contribution in [1.29, 1.82) is 0 Å². The lowest BCUT2D eigenvalue weighted by molar-refractivity contribution is 0.403. The van der Waals surface area contributed by atoms with Crippen LogP contribution < -0.4 is 0 Å². The van der Waals surface area contributed by atoms with E-state index < -0.39 is 0 Å². The molecule has 0 heterocycles. The van der Waals surface area contributed by atoms with Gasteiger partial charge in [-0.3, -0.25) is 0 Å². The molecule has 0 spiro atoms. The van der Waals surface area contributed by atoms with E-state index in [1.807, 2.05) is 0 Å². The third-order valence-corrected chi connectivity index (χ3v) is 3.40. The predicted octanol–water partition coefficient (Wildman–Crippen LogP) is 3.91. The second kappa shape index (κ2) is 4.37. The van der Waals surface area contributed by atoms with E-state index in [4.69, 9.17) is 0 Å². The van der Waals surface area contributed by atoms with Gasteiger partial charge in [-0.15, -0.1) is 0 Å². The standard InChI is InChI=1S/C9H15I/c1-8(7-10)9-5-3-2-4-6-9/h7,9H,2-6H2,1H3/b8-7-. The largest absolute Gasteiger partial charge is 0.0642 e. The highest BCUT2D eigenvalue weighted by Crippen LogP contribution is 2.29. The third-order valence-electron chi connectivity index (χ3n) is 2.42. The minimum atomic E-state index is 0.922. The molecule has 0 bridgehead atoms. The van der Waals surface area contributed by atoms with Crippen molar-refractivity contribution in [1.82, 2.24) is 0 Å². The van der Waals surface area contributed by atoms with Crippen molar-refractivity contribution in [2.24, 2.45) is 5.92 Å². The van der Waals surface area contributed by atoms with Gasteiger partial charge in [0.05, 0.1) is 0 Å². The number of allylic oxidation sites excluding steroid dienone is 1. The lowest BCUT2D eigenvalue weighted by atomic mass is 9.85. The summed E-state index contributed by atoms with van der Waals surface area (Å²) in [6.07, 6.45) is 7.24. The van der Waals surface area contributed by atoms with Gasteiger partial charge in [0.1, 0.15) is 0 Å². The summed E-state index contributed by atoms with van der Waals surface area (Å²) >= 11 is 2.35. The highest BCUT2D eigenvalue weighted by atomic mass is 127. The Kier molecular flexibility index (Phi) is 3.74. The first-order valence-electron chi connectivity index (χ1n) is 4.11. The van der Waals surface area contributed by atoms with Crippen LogP contribution >= 0.6 is 22.6 Å². The van der Waals surface area contributed by atoms with Crippen LogP contribution in [0.1, 0.15) is 39.0 Å². The van der Waals surface area contributed by atoms with E-state index in [9.17, 15) is 0 Å². The molecule has 0 unspecified atom stereocenters. The van der Waals surface area contributed by atoms with Gasteiger partial charge in [-0.1, -0.05) is 47.4 Å². The molecular formula is C9H15I. The summed E-state index contributed by atoms with van der Waals surface area (Å²) in [4.78, 5) is 0. The van der Waals surface area contributed by atoms with Crippen LogP contribution in [-0.2, 0) is 0 Å². The summed E-state index contributed by atoms with van der Waals surface area (Å²) < 4.78 is 2.24. The lowest BCUT2D eigenvalue weighted by Crippen LogP contribution is -2.06. The van der Waals surface area contributed by atoms with E-state index in [-0.39, 0.29) is 0 Å². The van der Waals surface area contributed by atoms with Gasteiger partial charge in [-0.25, -0.2) is 0 Å². The number of hydrogen-bond acceptors (Lipinski definition) is 0. The number of halogens is 1. The van der Waals surface area contributed by atoms with E-state index in [0.717, 1.165) is 5.92 Å². The monoisotopic (exact) mass is 250 g/mol. The van der Waals surface area contributed by atoms with Gasteiger partial charge in [0, 0.05) is 0 Å².